The molecule has 5 N–H and O–H groups in total. The second-order valence-corrected chi connectivity index (χ2v) is 7.36. The molecule has 0 fully saturated rings. The van der Waals surface area contributed by atoms with E-state index in [-0.39, 0.29) is 12.6 Å². The summed E-state index contributed by atoms with van der Waals surface area (Å²) in [5.74, 6) is 0.425. The van der Waals surface area contributed by atoms with E-state index >= 15 is 0 Å². The largest absolute Gasteiger partial charge is 0.383 e. The molecule has 0 amide bonds. The summed E-state index contributed by atoms with van der Waals surface area (Å²) in [4.78, 5) is 12.6. The van der Waals surface area contributed by atoms with Gasteiger partial charge >= 0.3 is 0 Å². The Kier molecular flexibility index (Phi) is 6.73. The number of rotatable bonds is 8. The Balaban J connectivity index is 1.46. The number of aromatic nitrogens is 3. The summed E-state index contributed by atoms with van der Waals surface area (Å²) in [6, 6.07) is 23.3. The Morgan fingerprint density at radius 3 is 2.36 bits per heavy atom. The number of benzene rings is 2. The fraction of sp³-hybridized carbons (Fsp3) is 0.120. The second kappa shape index (κ2) is 10.2. The van der Waals surface area contributed by atoms with E-state index in [2.05, 4.69) is 20.3 Å². The van der Waals surface area contributed by atoms with Crippen molar-refractivity contribution in [3.63, 3.8) is 0 Å². The lowest BCUT2D eigenvalue weighted by Gasteiger charge is -2.13. The molecule has 0 unspecified atom stereocenters. The maximum absolute atomic E-state index is 8.85. The molecule has 2 aromatic carbocycles. The zero-order chi connectivity index (χ0) is 23.0. The Hall–Kier alpha value is -4.48. The molecule has 0 aliphatic rings. The van der Waals surface area contributed by atoms with Crippen LogP contribution in [0.25, 0.3) is 11.1 Å². The van der Waals surface area contributed by atoms with Crippen LogP contribution < -0.4 is 16.8 Å². The monoisotopic (exact) mass is 437 g/mol. The Morgan fingerprint density at radius 1 is 0.879 bits per heavy atom. The first-order valence-corrected chi connectivity index (χ1v) is 10.4. The number of hydrogen-bond donors (Lipinski definition) is 3. The summed E-state index contributed by atoms with van der Waals surface area (Å²) in [6.07, 6.45) is 1.69. The predicted molar refractivity (Wildman–Crippen MR) is 128 cm³/mol. The van der Waals surface area contributed by atoms with Gasteiger partial charge < -0.3 is 21.5 Å². The van der Waals surface area contributed by atoms with Crippen molar-refractivity contribution in [2.24, 2.45) is 0 Å². The quantitative estimate of drug-likeness (QED) is 0.377. The van der Waals surface area contributed by atoms with Crippen molar-refractivity contribution in [3.8, 4) is 17.2 Å². The molecule has 33 heavy (non-hydrogen) atoms. The van der Waals surface area contributed by atoms with E-state index in [9.17, 15) is 0 Å². The highest BCUT2D eigenvalue weighted by atomic mass is 16.5. The van der Waals surface area contributed by atoms with Crippen molar-refractivity contribution in [2.75, 3.05) is 16.8 Å². The number of nitrogen functional groups attached to an aromatic ring is 2. The van der Waals surface area contributed by atoms with E-state index < -0.39 is 0 Å². The Bertz CT molecular complexity index is 1250. The van der Waals surface area contributed by atoms with E-state index in [1.165, 1.54) is 0 Å². The Labute approximate surface area is 191 Å². The maximum atomic E-state index is 8.85. The van der Waals surface area contributed by atoms with Crippen LogP contribution in [-0.4, -0.2) is 15.0 Å². The number of ether oxygens (including phenoxy) is 1. The molecule has 0 saturated carbocycles. The van der Waals surface area contributed by atoms with Gasteiger partial charge in [-0.25, -0.2) is 9.97 Å². The first-order valence-electron chi connectivity index (χ1n) is 10.4. The maximum Gasteiger partial charge on any atom is 0.222 e. The van der Waals surface area contributed by atoms with Crippen molar-refractivity contribution in [1.82, 2.24) is 15.0 Å². The van der Waals surface area contributed by atoms with Crippen LogP contribution in [0, 0.1) is 11.3 Å². The van der Waals surface area contributed by atoms with Crippen molar-refractivity contribution in [3.05, 3.63) is 95.4 Å². The number of nitrogens with two attached hydrogens (primary N) is 2. The molecular weight excluding hydrogens is 414 g/mol. The molecule has 0 atom stereocenters. The zero-order valence-electron chi connectivity index (χ0n) is 17.9. The molecule has 164 valence electrons. The van der Waals surface area contributed by atoms with Gasteiger partial charge in [0, 0.05) is 24.0 Å². The van der Waals surface area contributed by atoms with Crippen LogP contribution in [0.3, 0.4) is 0 Å². The number of nitrogens with one attached hydrogen (secondary N) is 1. The minimum absolute atomic E-state index is 0.115. The van der Waals surface area contributed by atoms with Gasteiger partial charge in [0.2, 0.25) is 5.95 Å². The van der Waals surface area contributed by atoms with Gasteiger partial charge in [0.1, 0.15) is 17.6 Å². The van der Waals surface area contributed by atoms with Crippen LogP contribution in [0.5, 0.6) is 0 Å². The van der Waals surface area contributed by atoms with Crippen LogP contribution in [0.1, 0.15) is 22.5 Å². The van der Waals surface area contributed by atoms with Crippen molar-refractivity contribution >= 4 is 17.5 Å². The fourth-order valence-corrected chi connectivity index (χ4v) is 3.36. The average Bonchev–Trinajstić information content (AvgIpc) is 2.84. The highest BCUT2D eigenvalue weighted by Gasteiger charge is 2.14. The summed E-state index contributed by atoms with van der Waals surface area (Å²) in [5, 5.41) is 12.2. The van der Waals surface area contributed by atoms with Gasteiger partial charge in [-0.1, -0.05) is 48.5 Å². The summed E-state index contributed by atoms with van der Waals surface area (Å²) in [7, 11) is 0. The molecule has 2 heterocycles. The van der Waals surface area contributed by atoms with Crippen LogP contribution in [-0.2, 0) is 24.5 Å². The van der Waals surface area contributed by atoms with E-state index in [4.69, 9.17) is 21.5 Å². The van der Waals surface area contributed by atoms with Crippen LogP contribution in [0.4, 0.5) is 17.5 Å². The number of nitrogens with zero attached hydrogens (tertiary/aromatic N) is 4. The highest BCUT2D eigenvalue weighted by Crippen LogP contribution is 2.30. The average molecular weight is 438 g/mol. The molecule has 0 spiro atoms. The van der Waals surface area contributed by atoms with Gasteiger partial charge in [0.05, 0.1) is 18.9 Å². The van der Waals surface area contributed by atoms with Gasteiger partial charge in [0.25, 0.3) is 0 Å². The minimum Gasteiger partial charge on any atom is -0.383 e. The molecule has 0 aliphatic carbocycles. The Morgan fingerprint density at radius 2 is 1.67 bits per heavy atom. The van der Waals surface area contributed by atoms with Gasteiger partial charge in [-0.3, -0.25) is 0 Å². The number of nitriles is 1. The first kappa shape index (κ1) is 21.7. The predicted octanol–water partition coefficient (Wildman–Crippen LogP) is 3.90. The summed E-state index contributed by atoms with van der Waals surface area (Å²) < 4.78 is 5.87. The van der Waals surface area contributed by atoms with Gasteiger partial charge in [0.15, 0.2) is 0 Å². The molecule has 0 saturated heterocycles. The van der Waals surface area contributed by atoms with Crippen LogP contribution in [0.15, 0.2) is 72.9 Å². The minimum atomic E-state index is 0.115. The lowest BCUT2D eigenvalue weighted by atomic mass is 10.0. The molecule has 8 heteroatoms. The SMILES string of the molecule is N#Cc1ccc(CNc2ccc(-c3c(N)nc(N)nc3COCc3ccccc3)cc2)cn1. The van der Waals surface area contributed by atoms with Crippen molar-refractivity contribution < 1.29 is 4.74 Å². The lowest BCUT2D eigenvalue weighted by Crippen LogP contribution is -2.08. The third-order valence-corrected chi connectivity index (χ3v) is 4.99. The fourth-order valence-electron chi connectivity index (χ4n) is 3.36. The zero-order valence-corrected chi connectivity index (χ0v) is 17.9. The molecule has 2 aromatic heterocycles. The second-order valence-electron chi connectivity index (χ2n) is 7.36. The molecule has 8 nitrogen and oxygen atoms in total. The van der Waals surface area contributed by atoms with E-state index in [0.29, 0.717) is 35.9 Å². The van der Waals surface area contributed by atoms with Gasteiger partial charge in [-0.05, 0) is 34.9 Å². The molecule has 4 aromatic rings. The third kappa shape index (κ3) is 5.61. The molecule has 0 radical (unpaired) electrons. The molecule has 4 rings (SSSR count). The smallest absolute Gasteiger partial charge is 0.222 e. The van der Waals surface area contributed by atoms with Crippen LogP contribution in [0.2, 0.25) is 0 Å². The normalized spacial score (nSPS) is 10.5. The van der Waals surface area contributed by atoms with Gasteiger partial charge in [-0.15, -0.1) is 0 Å². The third-order valence-electron chi connectivity index (χ3n) is 4.99. The number of anilines is 3. The highest BCUT2D eigenvalue weighted by molar-refractivity contribution is 5.77. The van der Waals surface area contributed by atoms with E-state index in [1.54, 1.807) is 12.3 Å². The molecule has 0 aliphatic heterocycles. The summed E-state index contributed by atoms with van der Waals surface area (Å²) in [6.45, 7) is 1.30. The summed E-state index contributed by atoms with van der Waals surface area (Å²) >= 11 is 0. The molecular formula is C25H23N7O. The van der Waals surface area contributed by atoms with Crippen molar-refractivity contribution in [1.29, 1.82) is 5.26 Å². The van der Waals surface area contributed by atoms with E-state index in [0.717, 1.165) is 22.4 Å². The van der Waals surface area contributed by atoms with Crippen molar-refractivity contribution in [2.45, 2.75) is 19.8 Å². The topological polar surface area (TPSA) is 136 Å². The number of hydrogen-bond acceptors (Lipinski definition) is 8. The molecule has 0 bridgehead atoms. The number of pyridine rings is 1. The first-order chi connectivity index (χ1) is 16.1. The standard InChI is InChI=1S/C25H23N7O/c26-12-21-9-6-18(14-30-21)13-29-20-10-7-19(8-11-20)23-22(31-25(28)32-24(23)27)16-33-15-17-4-2-1-3-5-17/h1-11,14,29H,13,15-16H2,(H4,27,28,31,32). The van der Waals surface area contributed by atoms with Gasteiger partial charge in [-0.2, -0.15) is 10.2 Å². The van der Waals surface area contributed by atoms with E-state index in [1.807, 2.05) is 66.7 Å². The van der Waals surface area contributed by atoms with Crippen LogP contribution >= 0.6 is 0 Å². The lowest BCUT2D eigenvalue weighted by molar-refractivity contribution is 0.105. The summed E-state index contributed by atoms with van der Waals surface area (Å²) in [5.41, 5.74) is 17.6.